The molecule has 0 heterocycles. The highest BCUT2D eigenvalue weighted by atomic mass is 35.5. The molecule has 0 spiro atoms. The average Bonchev–Trinajstić information content (AvgIpc) is 2.14. The second-order valence-electron chi connectivity index (χ2n) is 3.61. The number of hydrogen-bond acceptors (Lipinski definition) is 1. The monoisotopic (exact) mass is 267 g/mol. The van der Waals surface area contributed by atoms with Gasteiger partial charge in [-0.3, -0.25) is 0 Å². The standard InChI is InChI=1S/C11H15Cl2N.ClH/c1-3-7(2)11(14)8-4-9(12)6-10(13)5-8;/h4-7,11H,3,14H2,1-2H3;1H/t7?,11-;/m0./s1. The van der Waals surface area contributed by atoms with E-state index in [1.54, 1.807) is 6.07 Å². The van der Waals surface area contributed by atoms with Gasteiger partial charge in [0.25, 0.3) is 0 Å². The third-order valence-corrected chi connectivity index (χ3v) is 2.96. The zero-order chi connectivity index (χ0) is 10.7. The molecule has 0 aliphatic rings. The van der Waals surface area contributed by atoms with Gasteiger partial charge in [0, 0.05) is 16.1 Å². The van der Waals surface area contributed by atoms with E-state index in [-0.39, 0.29) is 18.4 Å². The van der Waals surface area contributed by atoms with Crippen molar-refractivity contribution in [2.24, 2.45) is 11.7 Å². The molecule has 2 atom stereocenters. The largest absolute Gasteiger partial charge is 0.324 e. The Labute approximate surface area is 107 Å². The normalized spacial score (nSPS) is 14.2. The molecule has 0 saturated carbocycles. The zero-order valence-corrected chi connectivity index (χ0v) is 11.2. The lowest BCUT2D eigenvalue weighted by molar-refractivity contribution is 0.457. The van der Waals surface area contributed by atoms with Crippen LogP contribution in [-0.2, 0) is 0 Å². The first-order valence-corrected chi connectivity index (χ1v) is 5.51. The Morgan fingerprint density at radius 2 is 1.67 bits per heavy atom. The summed E-state index contributed by atoms with van der Waals surface area (Å²) < 4.78 is 0. The molecule has 1 nitrogen and oxygen atoms in total. The summed E-state index contributed by atoms with van der Waals surface area (Å²) in [6.07, 6.45) is 1.05. The summed E-state index contributed by atoms with van der Waals surface area (Å²) >= 11 is 11.8. The van der Waals surface area contributed by atoms with Crippen LogP contribution in [-0.4, -0.2) is 0 Å². The van der Waals surface area contributed by atoms with Crippen molar-refractivity contribution in [2.45, 2.75) is 26.3 Å². The summed E-state index contributed by atoms with van der Waals surface area (Å²) in [5, 5.41) is 1.29. The second kappa shape index (κ2) is 6.59. The van der Waals surface area contributed by atoms with Crippen LogP contribution in [0.4, 0.5) is 0 Å². The summed E-state index contributed by atoms with van der Waals surface area (Å²) in [7, 11) is 0. The van der Waals surface area contributed by atoms with Crippen molar-refractivity contribution in [1.82, 2.24) is 0 Å². The lowest BCUT2D eigenvalue weighted by Crippen LogP contribution is -2.18. The van der Waals surface area contributed by atoms with E-state index in [0.29, 0.717) is 16.0 Å². The number of rotatable bonds is 3. The molecule has 0 aromatic heterocycles. The van der Waals surface area contributed by atoms with E-state index in [9.17, 15) is 0 Å². The molecule has 0 bridgehead atoms. The van der Waals surface area contributed by atoms with Crippen LogP contribution in [0.2, 0.25) is 10.0 Å². The summed E-state index contributed by atoms with van der Waals surface area (Å²) in [5.41, 5.74) is 7.08. The molecule has 1 aromatic rings. The van der Waals surface area contributed by atoms with Gasteiger partial charge in [0.2, 0.25) is 0 Å². The molecule has 86 valence electrons. The Kier molecular flexibility index (Phi) is 6.62. The molecule has 15 heavy (non-hydrogen) atoms. The average molecular weight is 269 g/mol. The van der Waals surface area contributed by atoms with Gasteiger partial charge in [-0.1, -0.05) is 43.5 Å². The maximum absolute atomic E-state index is 6.07. The van der Waals surface area contributed by atoms with E-state index in [1.807, 2.05) is 12.1 Å². The van der Waals surface area contributed by atoms with Gasteiger partial charge in [-0.2, -0.15) is 0 Å². The van der Waals surface area contributed by atoms with Crippen LogP contribution in [0.5, 0.6) is 0 Å². The second-order valence-corrected chi connectivity index (χ2v) is 4.49. The molecular formula is C11H16Cl3N. The van der Waals surface area contributed by atoms with Crippen LogP contribution in [0.1, 0.15) is 31.9 Å². The fourth-order valence-corrected chi connectivity index (χ4v) is 1.89. The molecule has 2 N–H and O–H groups in total. The van der Waals surface area contributed by atoms with Gasteiger partial charge in [0.1, 0.15) is 0 Å². The Hall–Kier alpha value is 0.0500. The predicted molar refractivity (Wildman–Crippen MR) is 70.1 cm³/mol. The van der Waals surface area contributed by atoms with Gasteiger partial charge in [0.15, 0.2) is 0 Å². The molecule has 0 radical (unpaired) electrons. The molecule has 1 rings (SSSR count). The molecule has 1 unspecified atom stereocenters. The van der Waals surface area contributed by atoms with Crippen LogP contribution < -0.4 is 5.73 Å². The minimum absolute atomic E-state index is 0. The lowest BCUT2D eigenvalue weighted by Gasteiger charge is -2.19. The van der Waals surface area contributed by atoms with Crippen molar-refractivity contribution < 1.29 is 0 Å². The van der Waals surface area contributed by atoms with Gasteiger partial charge >= 0.3 is 0 Å². The Morgan fingerprint density at radius 1 is 1.20 bits per heavy atom. The van der Waals surface area contributed by atoms with E-state index in [1.165, 1.54) is 0 Å². The number of halogens is 3. The molecular weight excluding hydrogens is 252 g/mol. The molecule has 0 aliphatic heterocycles. The fraction of sp³-hybridized carbons (Fsp3) is 0.455. The highest BCUT2D eigenvalue weighted by Gasteiger charge is 2.13. The minimum Gasteiger partial charge on any atom is -0.324 e. The van der Waals surface area contributed by atoms with E-state index < -0.39 is 0 Å². The molecule has 0 saturated heterocycles. The van der Waals surface area contributed by atoms with Crippen molar-refractivity contribution in [1.29, 1.82) is 0 Å². The highest BCUT2D eigenvalue weighted by molar-refractivity contribution is 6.34. The SMILES string of the molecule is CCC(C)[C@H](N)c1cc(Cl)cc(Cl)c1.Cl. The van der Waals surface area contributed by atoms with E-state index in [2.05, 4.69) is 13.8 Å². The summed E-state index contributed by atoms with van der Waals surface area (Å²) in [6, 6.07) is 5.49. The highest BCUT2D eigenvalue weighted by Crippen LogP contribution is 2.27. The molecule has 0 fully saturated rings. The van der Waals surface area contributed by atoms with Crippen LogP contribution in [0.25, 0.3) is 0 Å². The van der Waals surface area contributed by atoms with Crippen molar-refractivity contribution >= 4 is 35.6 Å². The molecule has 4 heteroatoms. The van der Waals surface area contributed by atoms with Gasteiger partial charge in [-0.25, -0.2) is 0 Å². The first-order valence-electron chi connectivity index (χ1n) is 4.76. The Balaban J connectivity index is 0.00000196. The van der Waals surface area contributed by atoms with Crippen molar-refractivity contribution in [3.8, 4) is 0 Å². The van der Waals surface area contributed by atoms with E-state index >= 15 is 0 Å². The maximum Gasteiger partial charge on any atom is 0.0424 e. The first-order chi connectivity index (χ1) is 6.54. The van der Waals surface area contributed by atoms with Crippen LogP contribution in [0, 0.1) is 5.92 Å². The summed E-state index contributed by atoms with van der Waals surface area (Å²) in [6.45, 7) is 4.25. The Morgan fingerprint density at radius 3 is 2.07 bits per heavy atom. The van der Waals surface area contributed by atoms with Gasteiger partial charge < -0.3 is 5.73 Å². The van der Waals surface area contributed by atoms with Gasteiger partial charge in [0.05, 0.1) is 0 Å². The summed E-state index contributed by atoms with van der Waals surface area (Å²) in [4.78, 5) is 0. The third kappa shape index (κ3) is 4.20. The lowest BCUT2D eigenvalue weighted by atomic mass is 9.93. The van der Waals surface area contributed by atoms with Crippen molar-refractivity contribution in [3.63, 3.8) is 0 Å². The number of benzene rings is 1. The first kappa shape index (κ1) is 15.0. The topological polar surface area (TPSA) is 26.0 Å². The van der Waals surface area contributed by atoms with E-state index in [4.69, 9.17) is 28.9 Å². The molecule has 1 aromatic carbocycles. The van der Waals surface area contributed by atoms with Crippen LogP contribution in [0.3, 0.4) is 0 Å². The van der Waals surface area contributed by atoms with Gasteiger partial charge in [-0.15, -0.1) is 12.4 Å². The number of hydrogen-bond donors (Lipinski definition) is 1. The van der Waals surface area contributed by atoms with Crippen molar-refractivity contribution in [3.05, 3.63) is 33.8 Å². The minimum atomic E-state index is 0. The quantitative estimate of drug-likeness (QED) is 0.860. The van der Waals surface area contributed by atoms with Crippen LogP contribution in [0.15, 0.2) is 18.2 Å². The van der Waals surface area contributed by atoms with Gasteiger partial charge in [-0.05, 0) is 29.7 Å². The van der Waals surface area contributed by atoms with Crippen LogP contribution >= 0.6 is 35.6 Å². The fourth-order valence-electron chi connectivity index (χ4n) is 1.35. The smallest absolute Gasteiger partial charge is 0.0424 e. The molecule has 0 aliphatic carbocycles. The summed E-state index contributed by atoms with van der Waals surface area (Å²) in [5.74, 6) is 0.435. The third-order valence-electron chi connectivity index (χ3n) is 2.53. The predicted octanol–water partition coefficient (Wildman–Crippen LogP) is 4.46. The van der Waals surface area contributed by atoms with E-state index in [0.717, 1.165) is 12.0 Å². The van der Waals surface area contributed by atoms with Crippen molar-refractivity contribution in [2.75, 3.05) is 0 Å². The zero-order valence-electron chi connectivity index (χ0n) is 8.84. The molecule has 0 amide bonds. The number of nitrogens with two attached hydrogens (primary N) is 1. The maximum atomic E-state index is 6.07. The Bertz CT molecular complexity index is 294.